The average molecular weight is 243 g/mol. The Kier molecular flexibility index (Phi) is 2.78. The van der Waals surface area contributed by atoms with E-state index in [1.165, 1.54) is 18.4 Å². The molecule has 4 heteroatoms. The van der Waals surface area contributed by atoms with Crippen molar-refractivity contribution < 1.29 is 4.42 Å². The Bertz CT molecular complexity index is 558. The fraction of sp³-hybridized carbons (Fsp3) is 0.429. The maximum atomic E-state index is 5.89. The molecule has 1 heterocycles. The summed E-state index contributed by atoms with van der Waals surface area (Å²) in [4.78, 5) is 0. The smallest absolute Gasteiger partial charge is 0.219 e. The van der Waals surface area contributed by atoms with Crippen LogP contribution in [0.1, 0.15) is 41.7 Å². The number of nitrogens with zero attached hydrogens (tertiary/aromatic N) is 2. The van der Waals surface area contributed by atoms with E-state index in [1.54, 1.807) is 0 Å². The molecule has 0 aliphatic heterocycles. The molecule has 2 aromatic rings. The summed E-state index contributed by atoms with van der Waals surface area (Å²) in [7, 11) is 0. The minimum absolute atomic E-state index is 0.529. The second-order valence-corrected chi connectivity index (χ2v) is 5.00. The maximum Gasteiger partial charge on any atom is 0.219 e. The Morgan fingerprint density at radius 2 is 2.11 bits per heavy atom. The summed E-state index contributed by atoms with van der Waals surface area (Å²) < 4.78 is 5.63. The molecule has 2 N–H and O–H groups in total. The van der Waals surface area contributed by atoms with Crippen LogP contribution in [0.4, 0.5) is 5.69 Å². The summed E-state index contributed by atoms with van der Waals surface area (Å²) in [5.74, 6) is 2.07. The quantitative estimate of drug-likeness (QED) is 0.838. The zero-order valence-corrected chi connectivity index (χ0v) is 10.5. The van der Waals surface area contributed by atoms with Crippen LogP contribution in [-0.4, -0.2) is 10.2 Å². The van der Waals surface area contributed by atoms with Crippen molar-refractivity contribution in [1.82, 2.24) is 10.2 Å². The zero-order valence-electron chi connectivity index (χ0n) is 10.5. The Morgan fingerprint density at radius 3 is 2.83 bits per heavy atom. The van der Waals surface area contributed by atoms with Gasteiger partial charge in [-0.15, -0.1) is 10.2 Å². The van der Waals surface area contributed by atoms with Crippen LogP contribution >= 0.6 is 0 Å². The molecule has 1 fully saturated rings. The highest BCUT2D eigenvalue weighted by Gasteiger charge is 2.29. The molecule has 18 heavy (non-hydrogen) atoms. The minimum Gasteiger partial charge on any atom is -0.425 e. The van der Waals surface area contributed by atoms with Gasteiger partial charge in [-0.1, -0.05) is 12.1 Å². The highest BCUT2D eigenvalue weighted by atomic mass is 16.4. The van der Waals surface area contributed by atoms with Gasteiger partial charge in [0, 0.05) is 18.0 Å². The highest BCUT2D eigenvalue weighted by Crippen LogP contribution is 2.39. The number of rotatable bonds is 4. The van der Waals surface area contributed by atoms with Gasteiger partial charge < -0.3 is 10.2 Å². The molecule has 4 nitrogen and oxygen atoms in total. The Balaban J connectivity index is 1.63. The standard InChI is InChI=1S/C14H17N3O/c1-9-2-3-10(8-12(9)15)4-7-13-16-17-14(18-13)11-5-6-11/h2-3,8,11H,4-7,15H2,1H3. The number of nitrogens with two attached hydrogens (primary N) is 1. The molecule has 1 saturated carbocycles. The third-order valence-electron chi connectivity index (χ3n) is 3.38. The summed E-state index contributed by atoms with van der Waals surface area (Å²) in [6.07, 6.45) is 4.05. The molecule has 94 valence electrons. The van der Waals surface area contributed by atoms with E-state index in [-0.39, 0.29) is 0 Å². The van der Waals surface area contributed by atoms with Crippen molar-refractivity contribution in [3.05, 3.63) is 41.1 Å². The fourth-order valence-electron chi connectivity index (χ4n) is 1.96. The number of benzene rings is 1. The normalized spacial score (nSPS) is 14.9. The monoisotopic (exact) mass is 243 g/mol. The Morgan fingerprint density at radius 1 is 1.28 bits per heavy atom. The number of nitrogen functional groups attached to an aromatic ring is 1. The van der Waals surface area contributed by atoms with Crippen molar-refractivity contribution >= 4 is 5.69 Å². The van der Waals surface area contributed by atoms with E-state index >= 15 is 0 Å². The molecule has 1 aromatic heterocycles. The first-order valence-corrected chi connectivity index (χ1v) is 6.39. The number of aryl methyl sites for hydroxylation is 3. The van der Waals surface area contributed by atoms with E-state index in [4.69, 9.17) is 10.2 Å². The molecule has 0 amide bonds. The largest absolute Gasteiger partial charge is 0.425 e. The van der Waals surface area contributed by atoms with E-state index in [0.29, 0.717) is 5.92 Å². The van der Waals surface area contributed by atoms with Gasteiger partial charge in [0.15, 0.2) is 0 Å². The van der Waals surface area contributed by atoms with Crippen LogP contribution < -0.4 is 5.73 Å². The summed E-state index contributed by atoms with van der Waals surface area (Å²) in [5, 5.41) is 8.17. The second kappa shape index (κ2) is 4.44. The molecule has 0 unspecified atom stereocenters. The molecule has 0 spiro atoms. The van der Waals surface area contributed by atoms with Crippen molar-refractivity contribution in [1.29, 1.82) is 0 Å². The molecular weight excluding hydrogens is 226 g/mol. The van der Waals surface area contributed by atoms with Crippen LogP contribution in [-0.2, 0) is 12.8 Å². The first kappa shape index (κ1) is 11.3. The fourth-order valence-corrected chi connectivity index (χ4v) is 1.96. The van der Waals surface area contributed by atoms with Gasteiger partial charge in [0.05, 0.1) is 0 Å². The van der Waals surface area contributed by atoms with Crippen molar-refractivity contribution in [3.63, 3.8) is 0 Å². The number of hydrogen-bond acceptors (Lipinski definition) is 4. The Labute approximate surface area is 106 Å². The summed E-state index contributed by atoms with van der Waals surface area (Å²) >= 11 is 0. The van der Waals surface area contributed by atoms with Crippen molar-refractivity contribution in [2.45, 2.75) is 38.5 Å². The lowest BCUT2D eigenvalue weighted by Crippen LogP contribution is -1.95. The number of hydrogen-bond donors (Lipinski definition) is 1. The second-order valence-electron chi connectivity index (χ2n) is 5.00. The van der Waals surface area contributed by atoms with Crippen LogP contribution in [0, 0.1) is 6.92 Å². The molecule has 1 aliphatic rings. The topological polar surface area (TPSA) is 64.9 Å². The predicted molar refractivity (Wildman–Crippen MR) is 69.3 cm³/mol. The zero-order chi connectivity index (χ0) is 12.5. The van der Waals surface area contributed by atoms with E-state index in [1.807, 2.05) is 19.1 Å². The van der Waals surface area contributed by atoms with Crippen LogP contribution in [0.3, 0.4) is 0 Å². The van der Waals surface area contributed by atoms with Gasteiger partial charge in [-0.25, -0.2) is 0 Å². The summed E-state index contributed by atoms with van der Waals surface area (Å²) in [6.45, 7) is 2.01. The number of anilines is 1. The lowest BCUT2D eigenvalue weighted by molar-refractivity contribution is 0.450. The molecule has 0 radical (unpaired) electrons. The molecule has 0 bridgehead atoms. The van der Waals surface area contributed by atoms with Crippen LogP contribution in [0.25, 0.3) is 0 Å². The molecule has 1 aliphatic carbocycles. The van der Waals surface area contributed by atoms with Gasteiger partial charge >= 0.3 is 0 Å². The maximum absolute atomic E-state index is 5.89. The van der Waals surface area contributed by atoms with E-state index < -0.39 is 0 Å². The third kappa shape index (κ3) is 2.37. The summed E-state index contributed by atoms with van der Waals surface area (Å²) in [6, 6.07) is 6.17. The van der Waals surface area contributed by atoms with Gasteiger partial charge in [-0.3, -0.25) is 0 Å². The van der Waals surface area contributed by atoms with E-state index in [9.17, 15) is 0 Å². The van der Waals surface area contributed by atoms with E-state index in [0.717, 1.165) is 35.9 Å². The van der Waals surface area contributed by atoms with Gasteiger partial charge in [-0.05, 0) is 43.4 Å². The third-order valence-corrected chi connectivity index (χ3v) is 3.38. The lowest BCUT2D eigenvalue weighted by Gasteiger charge is -2.03. The SMILES string of the molecule is Cc1ccc(CCc2nnc(C3CC3)o2)cc1N. The molecule has 1 aromatic carbocycles. The Hall–Kier alpha value is -1.84. The van der Waals surface area contributed by atoms with Crippen LogP contribution in [0.2, 0.25) is 0 Å². The van der Waals surface area contributed by atoms with Crippen LogP contribution in [0.5, 0.6) is 0 Å². The minimum atomic E-state index is 0.529. The highest BCUT2D eigenvalue weighted by molar-refractivity contribution is 5.48. The average Bonchev–Trinajstić information content (AvgIpc) is 3.11. The predicted octanol–water partition coefficient (Wildman–Crippen LogP) is 2.62. The summed E-state index contributed by atoms with van der Waals surface area (Å²) in [5.41, 5.74) is 9.06. The molecular formula is C14H17N3O. The van der Waals surface area contributed by atoms with Gasteiger partial charge in [0.2, 0.25) is 11.8 Å². The first-order valence-electron chi connectivity index (χ1n) is 6.39. The lowest BCUT2D eigenvalue weighted by atomic mass is 10.1. The van der Waals surface area contributed by atoms with Crippen molar-refractivity contribution in [2.75, 3.05) is 5.73 Å². The molecule has 0 atom stereocenters. The van der Waals surface area contributed by atoms with Crippen molar-refractivity contribution in [3.8, 4) is 0 Å². The van der Waals surface area contributed by atoms with E-state index in [2.05, 4.69) is 16.3 Å². The van der Waals surface area contributed by atoms with Gasteiger partial charge in [0.25, 0.3) is 0 Å². The van der Waals surface area contributed by atoms with Crippen LogP contribution in [0.15, 0.2) is 22.6 Å². The number of aromatic nitrogens is 2. The molecule has 0 saturated heterocycles. The van der Waals surface area contributed by atoms with Gasteiger partial charge in [-0.2, -0.15) is 0 Å². The van der Waals surface area contributed by atoms with Crippen molar-refractivity contribution in [2.24, 2.45) is 0 Å². The van der Waals surface area contributed by atoms with Gasteiger partial charge in [0.1, 0.15) is 0 Å². The molecule has 3 rings (SSSR count). The first-order chi connectivity index (χ1) is 8.72.